The second-order valence-electron chi connectivity index (χ2n) is 4.91. The number of hydrogen-bond donors (Lipinski definition) is 2. The van der Waals surface area contributed by atoms with Gasteiger partial charge in [0.25, 0.3) is 0 Å². The summed E-state index contributed by atoms with van der Waals surface area (Å²) in [5.74, 6) is 0.650. The van der Waals surface area contributed by atoms with Crippen molar-refractivity contribution in [3.63, 3.8) is 0 Å². The van der Waals surface area contributed by atoms with E-state index in [2.05, 4.69) is 10.6 Å². The molecule has 19 heavy (non-hydrogen) atoms. The molecule has 1 aromatic carbocycles. The van der Waals surface area contributed by atoms with Crippen LogP contribution >= 0.6 is 0 Å². The van der Waals surface area contributed by atoms with E-state index in [9.17, 15) is 4.79 Å². The van der Waals surface area contributed by atoms with Gasteiger partial charge >= 0.3 is 0 Å². The van der Waals surface area contributed by atoms with Gasteiger partial charge in [0.05, 0.1) is 5.41 Å². The first kappa shape index (κ1) is 13.4. The molecule has 1 atom stereocenters. The molecule has 5 nitrogen and oxygen atoms in total. The van der Waals surface area contributed by atoms with Crippen LogP contribution in [0, 0.1) is 16.7 Å². The fourth-order valence-corrected chi connectivity index (χ4v) is 2.04. The van der Waals surface area contributed by atoms with Crippen molar-refractivity contribution in [2.75, 3.05) is 25.0 Å². The normalized spacial score (nSPS) is 21.7. The standard InChI is InChI=1S/C14H17N3O2/c1-14(6-8-16-10-14)13(18)17-11-2-4-12(5-3-11)19-9-7-15/h2-5,16H,6,8-10H2,1H3,(H,17,18). The van der Waals surface area contributed by atoms with Crippen LogP contribution in [-0.2, 0) is 4.79 Å². The van der Waals surface area contributed by atoms with E-state index < -0.39 is 0 Å². The molecule has 0 aliphatic carbocycles. The van der Waals surface area contributed by atoms with E-state index in [4.69, 9.17) is 10.00 Å². The molecule has 1 aromatic rings. The van der Waals surface area contributed by atoms with Crippen LogP contribution in [0.3, 0.4) is 0 Å². The molecule has 2 N–H and O–H groups in total. The Bertz CT molecular complexity index is 484. The summed E-state index contributed by atoms with van der Waals surface area (Å²) in [6.45, 7) is 3.58. The van der Waals surface area contributed by atoms with Crippen molar-refractivity contribution in [1.29, 1.82) is 5.26 Å². The Morgan fingerprint density at radius 3 is 2.84 bits per heavy atom. The van der Waals surface area contributed by atoms with E-state index in [0.717, 1.165) is 18.7 Å². The summed E-state index contributed by atoms with van der Waals surface area (Å²) in [7, 11) is 0. The number of ether oxygens (including phenoxy) is 1. The number of carbonyl (C=O) groups excluding carboxylic acids is 1. The predicted octanol–water partition coefficient (Wildman–Crippen LogP) is 1.53. The molecule has 5 heteroatoms. The molecular formula is C14H17N3O2. The molecule has 1 aliphatic heterocycles. The first-order chi connectivity index (χ1) is 9.14. The summed E-state index contributed by atoms with van der Waals surface area (Å²) in [5, 5.41) is 14.5. The Morgan fingerprint density at radius 1 is 1.53 bits per heavy atom. The van der Waals surface area contributed by atoms with Crippen LogP contribution in [-0.4, -0.2) is 25.6 Å². The summed E-state index contributed by atoms with van der Waals surface area (Å²) >= 11 is 0. The number of nitrogens with zero attached hydrogens (tertiary/aromatic N) is 1. The molecule has 0 radical (unpaired) electrons. The zero-order valence-electron chi connectivity index (χ0n) is 10.9. The van der Waals surface area contributed by atoms with Crippen LogP contribution in [0.2, 0.25) is 0 Å². The molecule has 1 saturated heterocycles. The highest BCUT2D eigenvalue weighted by Crippen LogP contribution is 2.26. The third kappa shape index (κ3) is 3.24. The van der Waals surface area contributed by atoms with Gasteiger partial charge in [0.1, 0.15) is 11.8 Å². The highest BCUT2D eigenvalue weighted by atomic mass is 16.5. The fourth-order valence-electron chi connectivity index (χ4n) is 2.04. The van der Waals surface area contributed by atoms with Crippen molar-refractivity contribution in [2.24, 2.45) is 5.41 Å². The molecule has 1 unspecified atom stereocenters. The maximum atomic E-state index is 12.2. The maximum Gasteiger partial charge on any atom is 0.231 e. The maximum absolute atomic E-state index is 12.2. The zero-order valence-corrected chi connectivity index (χ0v) is 10.9. The lowest BCUT2D eigenvalue weighted by Crippen LogP contribution is -2.35. The van der Waals surface area contributed by atoms with Gasteiger partial charge in [0.2, 0.25) is 5.91 Å². The Balaban J connectivity index is 1.96. The minimum Gasteiger partial charge on any atom is -0.479 e. The van der Waals surface area contributed by atoms with Gasteiger partial charge < -0.3 is 15.4 Å². The third-order valence-corrected chi connectivity index (χ3v) is 3.33. The van der Waals surface area contributed by atoms with Crippen molar-refractivity contribution < 1.29 is 9.53 Å². The summed E-state index contributed by atoms with van der Waals surface area (Å²) in [5.41, 5.74) is 0.401. The van der Waals surface area contributed by atoms with Crippen LogP contribution in [0.1, 0.15) is 13.3 Å². The quantitative estimate of drug-likeness (QED) is 0.860. The second kappa shape index (κ2) is 5.72. The first-order valence-electron chi connectivity index (χ1n) is 6.26. The second-order valence-corrected chi connectivity index (χ2v) is 4.91. The number of benzene rings is 1. The van der Waals surface area contributed by atoms with Crippen LogP contribution in [0.4, 0.5) is 5.69 Å². The van der Waals surface area contributed by atoms with Gasteiger partial charge in [-0.2, -0.15) is 5.26 Å². The molecule has 0 aromatic heterocycles. The lowest BCUT2D eigenvalue weighted by molar-refractivity contribution is -0.123. The van der Waals surface area contributed by atoms with Gasteiger partial charge in [-0.25, -0.2) is 0 Å². The van der Waals surface area contributed by atoms with Crippen LogP contribution in [0.15, 0.2) is 24.3 Å². The van der Waals surface area contributed by atoms with Crippen molar-refractivity contribution in [3.05, 3.63) is 24.3 Å². The molecule has 2 rings (SSSR count). The van der Waals surface area contributed by atoms with Crippen molar-refractivity contribution in [2.45, 2.75) is 13.3 Å². The number of hydrogen-bond acceptors (Lipinski definition) is 4. The highest BCUT2D eigenvalue weighted by Gasteiger charge is 2.36. The van der Waals surface area contributed by atoms with Crippen molar-refractivity contribution in [3.8, 4) is 11.8 Å². The Hall–Kier alpha value is -2.06. The van der Waals surface area contributed by atoms with E-state index in [0.29, 0.717) is 12.3 Å². The highest BCUT2D eigenvalue weighted by molar-refractivity contribution is 5.95. The summed E-state index contributed by atoms with van der Waals surface area (Å²) in [4.78, 5) is 12.2. The Kier molecular flexibility index (Phi) is 4.03. The number of carbonyl (C=O) groups is 1. The number of nitrogens with one attached hydrogen (secondary N) is 2. The van der Waals surface area contributed by atoms with Crippen LogP contribution in [0.25, 0.3) is 0 Å². The van der Waals surface area contributed by atoms with E-state index in [1.807, 2.05) is 13.0 Å². The van der Waals surface area contributed by atoms with Gasteiger partial charge in [-0.05, 0) is 44.2 Å². The number of rotatable bonds is 4. The van der Waals surface area contributed by atoms with Gasteiger partial charge in [0, 0.05) is 12.2 Å². The zero-order chi connectivity index (χ0) is 13.7. The average Bonchev–Trinajstić information content (AvgIpc) is 2.86. The number of nitriles is 1. The molecular weight excluding hydrogens is 242 g/mol. The topological polar surface area (TPSA) is 74.1 Å². The van der Waals surface area contributed by atoms with Gasteiger partial charge in [0.15, 0.2) is 6.61 Å². The molecule has 0 spiro atoms. The molecule has 0 bridgehead atoms. The lowest BCUT2D eigenvalue weighted by Gasteiger charge is -2.21. The number of anilines is 1. The smallest absolute Gasteiger partial charge is 0.231 e. The molecule has 1 fully saturated rings. The molecule has 1 aliphatic rings. The van der Waals surface area contributed by atoms with E-state index >= 15 is 0 Å². The van der Waals surface area contributed by atoms with Gasteiger partial charge in [-0.15, -0.1) is 0 Å². The fraction of sp³-hybridized carbons (Fsp3) is 0.429. The monoisotopic (exact) mass is 259 g/mol. The molecule has 100 valence electrons. The third-order valence-electron chi connectivity index (χ3n) is 3.33. The van der Waals surface area contributed by atoms with Crippen LogP contribution in [0.5, 0.6) is 5.75 Å². The minimum absolute atomic E-state index is 0.0233. The van der Waals surface area contributed by atoms with Gasteiger partial charge in [-0.3, -0.25) is 4.79 Å². The number of amides is 1. The Morgan fingerprint density at radius 2 is 2.26 bits per heavy atom. The largest absolute Gasteiger partial charge is 0.479 e. The van der Waals surface area contributed by atoms with Crippen LogP contribution < -0.4 is 15.4 Å². The molecule has 1 amide bonds. The summed E-state index contributed by atoms with van der Waals surface area (Å²) in [6.07, 6.45) is 0.849. The molecule has 0 saturated carbocycles. The lowest BCUT2D eigenvalue weighted by atomic mass is 9.89. The average molecular weight is 259 g/mol. The summed E-state index contributed by atoms with van der Waals surface area (Å²) in [6, 6.07) is 8.93. The minimum atomic E-state index is -0.337. The first-order valence-corrected chi connectivity index (χ1v) is 6.26. The molecule has 1 heterocycles. The van der Waals surface area contributed by atoms with E-state index in [1.54, 1.807) is 24.3 Å². The predicted molar refractivity (Wildman–Crippen MR) is 71.8 cm³/mol. The van der Waals surface area contributed by atoms with E-state index in [-0.39, 0.29) is 17.9 Å². The summed E-state index contributed by atoms with van der Waals surface area (Å²) < 4.78 is 5.15. The van der Waals surface area contributed by atoms with E-state index in [1.165, 1.54) is 0 Å². The van der Waals surface area contributed by atoms with Gasteiger partial charge in [-0.1, -0.05) is 0 Å². The van der Waals surface area contributed by atoms with Crippen molar-refractivity contribution in [1.82, 2.24) is 5.32 Å². The SMILES string of the molecule is CC1(C(=O)Nc2ccc(OCC#N)cc2)CCNC1. The van der Waals surface area contributed by atoms with Crippen molar-refractivity contribution >= 4 is 11.6 Å². The Labute approximate surface area is 112 Å².